The number of aromatic nitrogens is 2. The second-order valence-electron chi connectivity index (χ2n) is 13.8. The van der Waals surface area contributed by atoms with Crippen LogP contribution in [0.2, 0.25) is 0 Å². The number of imide groups is 2. The Kier molecular flexibility index (Phi) is 10.4. The molecule has 1 unspecified atom stereocenters. The minimum Gasteiger partial charge on any atom is -0.390 e. The van der Waals surface area contributed by atoms with E-state index >= 15 is 0 Å². The molecule has 4 aliphatic rings. The summed E-state index contributed by atoms with van der Waals surface area (Å²) in [5.41, 5.74) is 3.56. The number of hydrogen-bond acceptors (Lipinski definition) is 12. The number of hydrogen-bond donors (Lipinski definition) is 5. The van der Waals surface area contributed by atoms with Crippen LogP contribution in [0.25, 0.3) is 0 Å². The summed E-state index contributed by atoms with van der Waals surface area (Å²) in [6, 6.07) is 13.6. The predicted molar refractivity (Wildman–Crippen MR) is 191 cm³/mol. The molecule has 0 radical (unpaired) electrons. The van der Waals surface area contributed by atoms with Gasteiger partial charge in [0.1, 0.15) is 23.9 Å². The lowest BCUT2D eigenvalue weighted by molar-refractivity contribution is -0.136. The highest BCUT2D eigenvalue weighted by atomic mass is 16.3. The maximum absolute atomic E-state index is 13.3. The third-order valence-electron chi connectivity index (χ3n) is 10.0. The second-order valence-corrected chi connectivity index (χ2v) is 13.8. The molecular formula is C37H41N9O7. The minimum atomic E-state index is -1.05. The van der Waals surface area contributed by atoms with Crippen molar-refractivity contribution in [3.05, 3.63) is 82.8 Å². The van der Waals surface area contributed by atoms with E-state index in [-0.39, 0.29) is 54.6 Å². The number of carbonyl (C=O) groups is 6. The molecule has 0 aliphatic carbocycles. The highest BCUT2D eigenvalue weighted by molar-refractivity contribution is 6.25. The van der Waals surface area contributed by atoms with Crippen molar-refractivity contribution in [3.63, 3.8) is 0 Å². The topological polar surface area (TPSA) is 206 Å². The van der Waals surface area contributed by atoms with Crippen LogP contribution in [-0.4, -0.2) is 123 Å². The molecule has 1 aromatic heterocycles. The lowest BCUT2D eigenvalue weighted by atomic mass is 10.00. The summed E-state index contributed by atoms with van der Waals surface area (Å²) in [5, 5.41) is 21.9. The molecule has 16 nitrogen and oxygen atoms in total. The van der Waals surface area contributed by atoms with Gasteiger partial charge in [-0.15, -0.1) is 0 Å². The molecule has 5 heterocycles. The minimum absolute atomic E-state index is 0.0338. The van der Waals surface area contributed by atoms with Crippen molar-refractivity contribution in [3.8, 4) is 0 Å². The number of piperidine rings is 1. The van der Waals surface area contributed by atoms with Gasteiger partial charge < -0.3 is 26.0 Å². The first-order chi connectivity index (χ1) is 25.6. The molecule has 2 atom stereocenters. The van der Waals surface area contributed by atoms with Crippen LogP contribution in [0, 0.1) is 0 Å². The summed E-state index contributed by atoms with van der Waals surface area (Å²) in [6.07, 6.45) is 2.35. The van der Waals surface area contributed by atoms with Gasteiger partial charge in [-0.05, 0) is 42.5 Å². The number of nitrogens with zero attached hydrogens (tertiary/aromatic N) is 5. The van der Waals surface area contributed by atoms with Gasteiger partial charge >= 0.3 is 0 Å². The van der Waals surface area contributed by atoms with Crippen molar-refractivity contribution in [1.29, 1.82) is 0 Å². The Balaban J connectivity index is 0.816. The molecule has 3 aromatic rings. The average Bonchev–Trinajstić information content (AvgIpc) is 3.39. The van der Waals surface area contributed by atoms with Crippen LogP contribution < -0.4 is 21.3 Å². The summed E-state index contributed by atoms with van der Waals surface area (Å²) in [4.78, 5) is 89.1. The number of anilines is 2. The fourth-order valence-electron chi connectivity index (χ4n) is 7.20. The van der Waals surface area contributed by atoms with Gasteiger partial charge in [0.05, 0.1) is 23.3 Å². The van der Waals surface area contributed by atoms with Gasteiger partial charge in [0.15, 0.2) is 0 Å². The van der Waals surface area contributed by atoms with Crippen molar-refractivity contribution in [2.45, 2.75) is 56.8 Å². The largest absolute Gasteiger partial charge is 0.390 e. The molecule has 4 aliphatic heterocycles. The Bertz CT molecular complexity index is 1950. The molecule has 0 bridgehead atoms. The van der Waals surface area contributed by atoms with Crippen LogP contribution in [0.4, 0.5) is 11.5 Å². The second kappa shape index (κ2) is 15.5. The molecule has 2 saturated heterocycles. The Hall–Kier alpha value is -5.74. The van der Waals surface area contributed by atoms with Gasteiger partial charge in [-0.2, -0.15) is 0 Å². The number of aliphatic hydroxyl groups excluding tert-OH is 1. The number of carbonyl (C=O) groups excluding carboxylic acids is 6. The zero-order valence-electron chi connectivity index (χ0n) is 29.0. The first kappa shape index (κ1) is 35.7. The predicted octanol–water partition coefficient (Wildman–Crippen LogP) is 0.542. The molecule has 53 heavy (non-hydrogen) atoms. The first-order valence-electron chi connectivity index (χ1n) is 17.8. The maximum atomic E-state index is 13.3. The third kappa shape index (κ3) is 7.88. The van der Waals surface area contributed by atoms with E-state index in [4.69, 9.17) is 0 Å². The molecule has 0 saturated carbocycles. The molecule has 2 fully saturated rings. The van der Waals surface area contributed by atoms with Crippen molar-refractivity contribution >= 4 is 46.9 Å². The van der Waals surface area contributed by atoms with E-state index in [1.165, 1.54) is 23.5 Å². The van der Waals surface area contributed by atoms with E-state index in [2.05, 4.69) is 48.3 Å². The van der Waals surface area contributed by atoms with Crippen LogP contribution in [0.1, 0.15) is 68.0 Å². The van der Waals surface area contributed by atoms with E-state index in [9.17, 15) is 33.9 Å². The highest BCUT2D eigenvalue weighted by Gasteiger charge is 2.45. The van der Waals surface area contributed by atoms with Gasteiger partial charge in [0.2, 0.25) is 17.7 Å². The molecule has 7 rings (SSSR count). The van der Waals surface area contributed by atoms with Crippen molar-refractivity contribution in [1.82, 2.24) is 35.3 Å². The summed E-state index contributed by atoms with van der Waals surface area (Å²) in [7, 11) is 0. The van der Waals surface area contributed by atoms with E-state index < -0.39 is 41.7 Å². The molecule has 5 N–H and O–H groups in total. The first-order valence-corrected chi connectivity index (χ1v) is 17.8. The fourth-order valence-corrected chi connectivity index (χ4v) is 7.20. The van der Waals surface area contributed by atoms with Gasteiger partial charge in [-0.3, -0.25) is 43.9 Å². The molecule has 2 aromatic carbocycles. The quantitative estimate of drug-likeness (QED) is 0.121. The highest BCUT2D eigenvalue weighted by Crippen LogP contribution is 2.32. The number of nitrogens with one attached hydrogen (secondary N) is 4. The standard InChI is InChI=1S/C37H41N9O7/c47-25(20-44-14-12-22-5-1-2-6-23(22)17-44)16-39-34(50)28-15-30(41-21-40-28)42-24-18-45(19-24)32(49)9-4-13-38-27-8-3-7-26-33(27)37(53)46(36(26)52)29-10-11-31(48)43-35(29)51/h1-3,5-8,15,21,24-25,29,38,47H,4,9-14,16-20H2,(H,39,50)(H,40,41,42)(H,43,48,51)/t25-,29?/m0/s1. The fraction of sp³-hybridized carbons (Fsp3) is 0.405. The number of benzene rings is 2. The van der Waals surface area contributed by atoms with Crippen molar-refractivity contribution in [2.24, 2.45) is 0 Å². The van der Waals surface area contributed by atoms with E-state index in [1.807, 2.05) is 12.1 Å². The van der Waals surface area contributed by atoms with E-state index in [0.717, 1.165) is 24.4 Å². The maximum Gasteiger partial charge on any atom is 0.270 e. The molecular weight excluding hydrogens is 682 g/mol. The van der Waals surface area contributed by atoms with Crippen molar-refractivity contribution in [2.75, 3.05) is 49.9 Å². The third-order valence-corrected chi connectivity index (χ3v) is 10.0. The Labute approximate surface area is 305 Å². The summed E-state index contributed by atoms with van der Waals surface area (Å²) < 4.78 is 0. The number of likely N-dealkylation sites (tertiary alicyclic amines) is 1. The number of fused-ring (bicyclic) bond motifs is 2. The molecule has 276 valence electrons. The molecule has 16 heteroatoms. The van der Waals surface area contributed by atoms with Crippen LogP contribution in [-0.2, 0) is 27.3 Å². The van der Waals surface area contributed by atoms with Gasteiger partial charge in [-0.25, -0.2) is 9.97 Å². The number of rotatable bonds is 13. The monoisotopic (exact) mass is 723 g/mol. The van der Waals surface area contributed by atoms with Gasteiger partial charge in [-0.1, -0.05) is 30.3 Å². The SMILES string of the molecule is O=C1CCC(N2C(=O)c3cccc(NCCCC(=O)N4CC(Nc5cc(C(=O)NC[C@H](O)CN6CCc7ccccc7C6)ncn5)C4)c3C2=O)C(=O)N1. The zero-order valence-corrected chi connectivity index (χ0v) is 29.0. The van der Waals surface area contributed by atoms with Gasteiger partial charge in [0.25, 0.3) is 17.7 Å². The van der Waals surface area contributed by atoms with Crippen molar-refractivity contribution < 1.29 is 33.9 Å². The number of β-amino-alcohol motifs (C(OH)–C–C–N with tert-alkyl or cyclic N) is 1. The Morgan fingerprint density at radius 1 is 0.981 bits per heavy atom. The van der Waals surface area contributed by atoms with Crippen LogP contribution in [0.15, 0.2) is 54.9 Å². The van der Waals surface area contributed by atoms with Crippen LogP contribution in [0.3, 0.4) is 0 Å². The molecule has 0 spiro atoms. The molecule has 6 amide bonds. The Morgan fingerprint density at radius 2 is 1.79 bits per heavy atom. The van der Waals surface area contributed by atoms with Crippen LogP contribution >= 0.6 is 0 Å². The zero-order chi connectivity index (χ0) is 37.1. The van der Waals surface area contributed by atoms with E-state index in [0.29, 0.717) is 44.1 Å². The normalized spacial score (nSPS) is 19.2. The Morgan fingerprint density at radius 3 is 2.60 bits per heavy atom. The van der Waals surface area contributed by atoms with Gasteiger partial charge in [0, 0.05) is 70.4 Å². The van der Waals surface area contributed by atoms with E-state index in [1.54, 1.807) is 23.1 Å². The summed E-state index contributed by atoms with van der Waals surface area (Å²) in [5.74, 6) is -2.27. The smallest absolute Gasteiger partial charge is 0.270 e. The summed E-state index contributed by atoms with van der Waals surface area (Å²) >= 11 is 0. The average molecular weight is 724 g/mol. The van der Waals surface area contributed by atoms with Crippen LogP contribution in [0.5, 0.6) is 0 Å². The lowest BCUT2D eigenvalue weighted by Gasteiger charge is -2.40. The number of amides is 6. The lowest BCUT2D eigenvalue weighted by Crippen LogP contribution is -2.57. The summed E-state index contributed by atoms with van der Waals surface area (Å²) in [6.45, 7) is 3.45. The number of aliphatic hydroxyl groups is 1.